The van der Waals surface area contributed by atoms with Crippen molar-refractivity contribution in [2.75, 3.05) is 12.3 Å². The third-order valence-electron chi connectivity index (χ3n) is 2.28. The molecule has 1 aliphatic rings. The van der Waals surface area contributed by atoms with E-state index in [2.05, 4.69) is 10.0 Å². The zero-order valence-electron chi connectivity index (χ0n) is 9.36. The van der Waals surface area contributed by atoms with Crippen LogP contribution in [0.4, 0.5) is 0 Å². The lowest BCUT2D eigenvalue weighted by Crippen LogP contribution is -2.38. The van der Waals surface area contributed by atoms with Gasteiger partial charge < -0.3 is 5.32 Å². The largest absolute Gasteiger partial charge is 0.313 e. The van der Waals surface area contributed by atoms with E-state index in [9.17, 15) is 8.42 Å². The standard InChI is InChI=1S/C10H20N2O2S/c1-9(2)11-7-8-15(13,14)12-10-5-3-4-6-10/h3-4,9-12H,5-8H2,1-2H3. The fourth-order valence-electron chi connectivity index (χ4n) is 1.51. The summed E-state index contributed by atoms with van der Waals surface area (Å²) >= 11 is 0. The summed E-state index contributed by atoms with van der Waals surface area (Å²) in [4.78, 5) is 0. The van der Waals surface area contributed by atoms with Crippen LogP contribution in [0.25, 0.3) is 0 Å². The molecule has 0 bridgehead atoms. The summed E-state index contributed by atoms with van der Waals surface area (Å²) in [7, 11) is -3.11. The van der Waals surface area contributed by atoms with Crippen molar-refractivity contribution >= 4 is 10.0 Å². The second-order valence-corrected chi connectivity index (χ2v) is 6.06. The first kappa shape index (κ1) is 12.7. The predicted octanol–water partition coefficient (Wildman–Crippen LogP) is 0.622. The molecule has 0 aliphatic heterocycles. The quantitative estimate of drug-likeness (QED) is 0.660. The average molecular weight is 232 g/mol. The topological polar surface area (TPSA) is 58.2 Å². The summed E-state index contributed by atoms with van der Waals surface area (Å²) in [6.45, 7) is 4.51. The molecular weight excluding hydrogens is 212 g/mol. The third-order valence-corrected chi connectivity index (χ3v) is 3.71. The van der Waals surface area contributed by atoms with Gasteiger partial charge >= 0.3 is 0 Å². The maximum Gasteiger partial charge on any atom is 0.213 e. The first-order valence-electron chi connectivity index (χ1n) is 5.38. The Morgan fingerprint density at radius 1 is 1.33 bits per heavy atom. The van der Waals surface area contributed by atoms with E-state index in [4.69, 9.17) is 0 Å². The Morgan fingerprint density at radius 3 is 2.47 bits per heavy atom. The smallest absolute Gasteiger partial charge is 0.213 e. The van der Waals surface area contributed by atoms with Crippen LogP contribution in [0.2, 0.25) is 0 Å². The SMILES string of the molecule is CC(C)NCCS(=O)(=O)NC1CC=CC1. The molecule has 0 heterocycles. The molecule has 0 saturated carbocycles. The molecule has 0 saturated heterocycles. The predicted molar refractivity (Wildman–Crippen MR) is 62.2 cm³/mol. The van der Waals surface area contributed by atoms with Crippen LogP contribution in [0.5, 0.6) is 0 Å². The van der Waals surface area contributed by atoms with E-state index in [1.54, 1.807) is 0 Å². The van der Waals surface area contributed by atoms with Crippen LogP contribution in [0.3, 0.4) is 0 Å². The summed E-state index contributed by atoms with van der Waals surface area (Å²) in [6, 6.07) is 0.405. The molecule has 0 atom stereocenters. The zero-order valence-corrected chi connectivity index (χ0v) is 10.2. The number of rotatable bonds is 6. The molecule has 0 amide bonds. The van der Waals surface area contributed by atoms with Crippen molar-refractivity contribution in [2.45, 2.75) is 38.8 Å². The van der Waals surface area contributed by atoms with Gasteiger partial charge in [0.1, 0.15) is 0 Å². The van der Waals surface area contributed by atoms with Gasteiger partial charge in [-0.3, -0.25) is 0 Å². The minimum Gasteiger partial charge on any atom is -0.313 e. The summed E-state index contributed by atoms with van der Waals surface area (Å²) < 4.78 is 25.9. The van der Waals surface area contributed by atoms with E-state index >= 15 is 0 Å². The molecule has 2 N–H and O–H groups in total. The first-order valence-corrected chi connectivity index (χ1v) is 7.03. The van der Waals surface area contributed by atoms with Gasteiger partial charge in [0.05, 0.1) is 5.75 Å². The van der Waals surface area contributed by atoms with Gasteiger partial charge in [0.25, 0.3) is 0 Å². The monoisotopic (exact) mass is 232 g/mol. The van der Waals surface area contributed by atoms with Crippen molar-refractivity contribution in [3.05, 3.63) is 12.2 Å². The molecule has 0 radical (unpaired) electrons. The van der Waals surface area contributed by atoms with E-state index in [0.29, 0.717) is 12.6 Å². The minimum atomic E-state index is -3.11. The normalized spacial score (nSPS) is 17.8. The Hall–Kier alpha value is -0.390. The fourth-order valence-corrected chi connectivity index (χ4v) is 2.71. The van der Waals surface area contributed by atoms with Crippen molar-refractivity contribution < 1.29 is 8.42 Å². The molecule has 0 spiro atoms. The van der Waals surface area contributed by atoms with Gasteiger partial charge in [-0.05, 0) is 12.8 Å². The molecule has 1 aliphatic carbocycles. The lowest BCUT2D eigenvalue weighted by Gasteiger charge is -2.13. The Morgan fingerprint density at radius 2 is 1.93 bits per heavy atom. The fraction of sp³-hybridized carbons (Fsp3) is 0.800. The number of nitrogens with one attached hydrogen (secondary N) is 2. The second kappa shape index (κ2) is 5.63. The lowest BCUT2D eigenvalue weighted by molar-refractivity contribution is 0.548. The maximum absolute atomic E-state index is 11.6. The van der Waals surface area contributed by atoms with Crippen molar-refractivity contribution in [1.29, 1.82) is 0 Å². The highest BCUT2D eigenvalue weighted by molar-refractivity contribution is 7.89. The van der Waals surface area contributed by atoms with Crippen LogP contribution >= 0.6 is 0 Å². The second-order valence-electron chi connectivity index (χ2n) is 4.19. The van der Waals surface area contributed by atoms with E-state index in [0.717, 1.165) is 12.8 Å². The van der Waals surface area contributed by atoms with E-state index in [-0.39, 0.29) is 11.8 Å². The van der Waals surface area contributed by atoms with E-state index in [1.807, 2.05) is 26.0 Å². The molecule has 88 valence electrons. The third kappa shape index (κ3) is 5.30. The molecular formula is C10H20N2O2S. The van der Waals surface area contributed by atoms with Crippen LogP contribution in [0, 0.1) is 0 Å². The molecule has 0 aromatic carbocycles. The summed E-state index contributed by atoms with van der Waals surface area (Å²) in [5, 5.41) is 3.09. The van der Waals surface area contributed by atoms with Gasteiger partial charge in [-0.25, -0.2) is 13.1 Å². The van der Waals surface area contributed by atoms with Gasteiger partial charge in [0, 0.05) is 18.6 Å². The average Bonchev–Trinajstić information content (AvgIpc) is 2.54. The summed E-state index contributed by atoms with van der Waals surface area (Å²) in [6.07, 6.45) is 5.66. The number of hydrogen-bond acceptors (Lipinski definition) is 3. The van der Waals surface area contributed by atoms with Gasteiger partial charge in [-0.15, -0.1) is 0 Å². The van der Waals surface area contributed by atoms with Gasteiger partial charge in [0.15, 0.2) is 0 Å². The molecule has 4 nitrogen and oxygen atoms in total. The van der Waals surface area contributed by atoms with Crippen molar-refractivity contribution in [3.8, 4) is 0 Å². The summed E-state index contributed by atoms with van der Waals surface area (Å²) in [5.74, 6) is 0.154. The molecule has 0 unspecified atom stereocenters. The molecule has 0 aromatic heterocycles. The highest BCUT2D eigenvalue weighted by Crippen LogP contribution is 2.10. The van der Waals surface area contributed by atoms with Crippen molar-refractivity contribution in [3.63, 3.8) is 0 Å². The Balaban J connectivity index is 2.25. The molecule has 5 heteroatoms. The van der Waals surface area contributed by atoms with Crippen molar-refractivity contribution in [2.24, 2.45) is 0 Å². The Labute approximate surface area is 92.2 Å². The molecule has 1 rings (SSSR count). The molecule has 0 fully saturated rings. The highest BCUT2D eigenvalue weighted by Gasteiger charge is 2.17. The van der Waals surface area contributed by atoms with Crippen molar-refractivity contribution in [1.82, 2.24) is 10.0 Å². The van der Waals surface area contributed by atoms with E-state index in [1.165, 1.54) is 0 Å². The zero-order chi connectivity index (χ0) is 11.3. The lowest BCUT2D eigenvalue weighted by atomic mass is 10.3. The van der Waals surface area contributed by atoms with E-state index < -0.39 is 10.0 Å². The number of hydrogen-bond donors (Lipinski definition) is 2. The van der Waals surface area contributed by atoms with Crippen LogP contribution in [-0.4, -0.2) is 32.8 Å². The maximum atomic E-state index is 11.6. The molecule has 15 heavy (non-hydrogen) atoms. The summed E-state index contributed by atoms with van der Waals surface area (Å²) in [5.41, 5.74) is 0. The van der Waals surface area contributed by atoms with Gasteiger partial charge in [0.2, 0.25) is 10.0 Å². The highest BCUT2D eigenvalue weighted by atomic mass is 32.2. The van der Waals surface area contributed by atoms with Crippen LogP contribution < -0.4 is 10.0 Å². The Kier molecular flexibility index (Phi) is 4.76. The molecule has 0 aromatic rings. The van der Waals surface area contributed by atoms with Crippen LogP contribution in [0.1, 0.15) is 26.7 Å². The van der Waals surface area contributed by atoms with Gasteiger partial charge in [-0.1, -0.05) is 26.0 Å². The number of sulfonamides is 1. The van der Waals surface area contributed by atoms with Crippen LogP contribution in [-0.2, 0) is 10.0 Å². The Bertz CT molecular complexity index is 301. The minimum absolute atomic E-state index is 0.0778. The van der Waals surface area contributed by atoms with Gasteiger partial charge in [-0.2, -0.15) is 0 Å². The van der Waals surface area contributed by atoms with Crippen LogP contribution in [0.15, 0.2) is 12.2 Å². The first-order chi connectivity index (χ1) is 6.99.